The van der Waals surface area contributed by atoms with Crippen molar-refractivity contribution in [2.24, 2.45) is 0 Å². The average Bonchev–Trinajstić information content (AvgIpc) is 2.31. The van der Waals surface area contributed by atoms with Crippen molar-refractivity contribution in [1.82, 2.24) is 4.57 Å². The van der Waals surface area contributed by atoms with E-state index < -0.39 is 0 Å². The van der Waals surface area contributed by atoms with Crippen LogP contribution in [0.15, 0.2) is 16.9 Å². The largest absolute Gasteiger partial charge is 0.312 e. The Morgan fingerprint density at radius 1 is 1.29 bits per heavy atom. The van der Waals surface area contributed by atoms with Gasteiger partial charge in [-0.15, -0.1) is 0 Å². The van der Waals surface area contributed by atoms with Crippen LogP contribution in [-0.2, 0) is 12.3 Å². The summed E-state index contributed by atoms with van der Waals surface area (Å²) in [5.41, 5.74) is 2.08. The maximum Gasteiger partial charge on any atom is 0.254 e. The normalized spacial score (nSPS) is 11.1. The molecular weight excluding hydrogens is 230 g/mol. The van der Waals surface area contributed by atoms with Gasteiger partial charge in [0.05, 0.1) is 0 Å². The van der Waals surface area contributed by atoms with Crippen molar-refractivity contribution in [3.63, 3.8) is 0 Å². The summed E-state index contributed by atoms with van der Waals surface area (Å²) >= 11 is 4.21. The molecule has 2 nitrogen and oxygen atoms in total. The monoisotopic (exact) mass is 253 g/mol. The van der Waals surface area contributed by atoms with E-state index in [9.17, 15) is 4.79 Å². The Kier molecular flexibility index (Phi) is 5.83. The molecule has 1 heterocycles. The van der Waals surface area contributed by atoms with E-state index in [-0.39, 0.29) is 5.56 Å². The maximum atomic E-state index is 12.2. The van der Waals surface area contributed by atoms with Gasteiger partial charge in [0.2, 0.25) is 0 Å². The van der Waals surface area contributed by atoms with Gasteiger partial charge >= 0.3 is 0 Å². The van der Waals surface area contributed by atoms with Crippen LogP contribution in [0.1, 0.15) is 57.2 Å². The summed E-state index contributed by atoms with van der Waals surface area (Å²) in [6.45, 7) is 7.27. The molecule has 1 rings (SSSR count). The molecule has 17 heavy (non-hydrogen) atoms. The number of nitrogens with zero attached hydrogens (tertiary/aromatic N) is 1. The van der Waals surface area contributed by atoms with Crippen molar-refractivity contribution in [1.29, 1.82) is 0 Å². The number of pyridine rings is 1. The molecule has 0 N–H and O–H groups in total. The van der Waals surface area contributed by atoms with Crippen molar-refractivity contribution in [3.05, 3.63) is 33.7 Å². The minimum absolute atomic E-state index is 0.141. The lowest BCUT2D eigenvalue weighted by Gasteiger charge is -2.16. The van der Waals surface area contributed by atoms with Crippen molar-refractivity contribution in [3.8, 4) is 0 Å². The fourth-order valence-electron chi connectivity index (χ4n) is 2.01. The van der Waals surface area contributed by atoms with Gasteiger partial charge in [0.15, 0.2) is 0 Å². The number of rotatable bonds is 6. The molecule has 0 unspecified atom stereocenters. The topological polar surface area (TPSA) is 22.0 Å². The van der Waals surface area contributed by atoms with Gasteiger partial charge in [-0.25, -0.2) is 0 Å². The van der Waals surface area contributed by atoms with Crippen LogP contribution in [-0.4, -0.2) is 4.57 Å². The highest BCUT2D eigenvalue weighted by Gasteiger charge is 2.10. The van der Waals surface area contributed by atoms with Crippen molar-refractivity contribution in [2.45, 2.75) is 58.2 Å². The van der Waals surface area contributed by atoms with E-state index in [1.54, 1.807) is 0 Å². The Labute approximate surface area is 109 Å². The van der Waals surface area contributed by atoms with Crippen LogP contribution in [0, 0.1) is 0 Å². The second-order valence-electron chi connectivity index (χ2n) is 4.76. The first-order valence-corrected chi connectivity index (χ1v) is 7.08. The highest BCUT2D eigenvalue weighted by molar-refractivity contribution is 7.79. The molecule has 0 fully saturated rings. The number of unbranched alkanes of at least 4 members (excludes halogenated alkanes) is 2. The maximum absolute atomic E-state index is 12.2. The molecule has 0 aromatic carbocycles. The molecular formula is C14H23NOS. The second kappa shape index (κ2) is 6.90. The van der Waals surface area contributed by atoms with Crippen molar-refractivity contribution >= 4 is 12.6 Å². The van der Waals surface area contributed by atoms with Crippen LogP contribution in [0.4, 0.5) is 0 Å². The van der Waals surface area contributed by atoms with E-state index >= 15 is 0 Å². The Hall–Kier alpha value is -0.700. The number of aromatic nitrogens is 1. The summed E-state index contributed by atoms with van der Waals surface area (Å²) in [4.78, 5) is 12.2. The quantitative estimate of drug-likeness (QED) is 0.607. The van der Waals surface area contributed by atoms with Crippen molar-refractivity contribution < 1.29 is 0 Å². The Bertz CT molecular complexity index is 409. The summed E-state index contributed by atoms with van der Waals surface area (Å²) in [6, 6.07) is 3.99. The zero-order chi connectivity index (χ0) is 12.8. The first-order chi connectivity index (χ1) is 8.11. The molecule has 0 bridgehead atoms. The molecule has 0 amide bonds. The SMILES string of the molecule is CCCCCn1c(C(C)C)ccc(CS)c1=O. The molecule has 96 valence electrons. The van der Waals surface area contributed by atoms with E-state index in [1.807, 2.05) is 10.6 Å². The van der Waals surface area contributed by atoms with Gasteiger partial charge in [0, 0.05) is 23.6 Å². The highest BCUT2D eigenvalue weighted by atomic mass is 32.1. The number of hydrogen-bond acceptors (Lipinski definition) is 2. The van der Waals surface area contributed by atoms with Crippen molar-refractivity contribution in [2.75, 3.05) is 0 Å². The van der Waals surface area contributed by atoms with Gasteiger partial charge < -0.3 is 4.57 Å². The molecule has 0 radical (unpaired) electrons. The first-order valence-electron chi connectivity index (χ1n) is 6.45. The molecule has 0 atom stereocenters. The van der Waals surface area contributed by atoms with E-state index in [0.29, 0.717) is 11.7 Å². The van der Waals surface area contributed by atoms with Gasteiger partial charge in [-0.3, -0.25) is 4.79 Å². The Morgan fingerprint density at radius 3 is 2.53 bits per heavy atom. The van der Waals surface area contributed by atoms with Gasteiger partial charge in [0.1, 0.15) is 0 Å². The number of hydrogen-bond donors (Lipinski definition) is 1. The standard InChI is InChI=1S/C14H23NOS/c1-4-5-6-9-15-13(11(2)3)8-7-12(10-17)14(15)16/h7-8,11,17H,4-6,9-10H2,1-3H3. The van der Waals surface area contributed by atoms with Gasteiger partial charge in [0.25, 0.3) is 5.56 Å². The lowest BCUT2D eigenvalue weighted by atomic mass is 10.1. The van der Waals surface area contributed by atoms with E-state index in [1.165, 1.54) is 12.8 Å². The highest BCUT2D eigenvalue weighted by Crippen LogP contribution is 2.14. The Morgan fingerprint density at radius 2 is 2.00 bits per heavy atom. The predicted octanol–water partition coefficient (Wildman–Crippen LogP) is 3.59. The summed E-state index contributed by atoms with van der Waals surface area (Å²) < 4.78 is 1.94. The minimum atomic E-state index is 0.141. The van der Waals surface area contributed by atoms with Crippen LogP contribution in [0.3, 0.4) is 0 Å². The molecule has 1 aromatic rings. The fraction of sp³-hybridized carbons (Fsp3) is 0.643. The summed E-state index contributed by atoms with van der Waals surface area (Å²) in [7, 11) is 0. The third-order valence-electron chi connectivity index (χ3n) is 3.03. The van der Waals surface area contributed by atoms with Gasteiger partial charge in [-0.1, -0.05) is 39.7 Å². The summed E-state index contributed by atoms with van der Waals surface area (Å²) in [6.07, 6.45) is 3.43. The minimum Gasteiger partial charge on any atom is -0.312 e. The zero-order valence-corrected chi connectivity index (χ0v) is 12.0. The average molecular weight is 253 g/mol. The lowest BCUT2D eigenvalue weighted by Crippen LogP contribution is -2.26. The first kappa shape index (κ1) is 14.4. The lowest BCUT2D eigenvalue weighted by molar-refractivity contribution is 0.551. The molecule has 0 spiro atoms. The molecule has 0 saturated carbocycles. The molecule has 1 aromatic heterocycles. The number of thiol groups is 1. The van der Waals surface area contributed by atoms with Crippen LogP contribution < -0.4 is 5.56 Å². The van der Waals surface area contributed by atoms with Gasteiger partial charge in [-0.05, 0) is 18.4 Å². The van der Waals surface area contributed by atoms with Crippen LogP contribution >= 0.6 is 12.6 Å². The fourth-order valence-corrected chi connectivity index (χ4v) is 2.25. The Balaban J connectivity index is 3.07. The smallest absolute Gasteiger partial charge is 0.254 e. The van der Waals surface area contributed by atoms with Crippen LogP contribution in [0.25, 0.3) is 0 Å². The zero-order valence-electron chi connectivity index (χ0n) is 11.1. The summed E-state index contributed by atoms with van der Waals surface area (Å²) in [5, 5.41) is 0. The summed E-state index contributed by atoms with van der Waals surface area (Å²) in [5.74, 6) is 0.906. The molecule has 3 heteroatoms. The van der Waals surface area contributed by atoms with E-state index in [2.05, 4.69) is 39.5 Å². The molecule has 0 aliphatic heterocycles. The van der Waals surface area contributed by atoms with Gasteiger partial charge in [-0.2, -0.15) is 12.6 Å². The molecule has 0 aliphatic rings. The molecule has 0 aliphatic carbocycles. The predicted molar refractivity (Wildman–Crippen MR) is 77.0 cm³/mol. The van der Waals surface area contributed by atoms with E-state index in [4.69, 9.17) is 0 Å². The molecule has 0 saturated heterocycles. The second-order valence-corrected chi connectivity index (χ2v) is 5.08. The third kappa shape index (κ3) is 3.63. The third-order valence-corrected chi connectivity index (χ3v) is 3.37. The van der Waals surface area contributed by atoms with E-state index in [0.717, 1.165) is 24.2 Å². The van der Waals surface area contributed by atoms with Crippen LogP contribution in [0.2, 0.25) is 0 Å². The van der Waals surface area contributed by atoms with Crippen LogP contribution in [0.5, 0.6) is 0 Å².